The van der Waals surface area contributed by atoms with Crippen molar-refractivity contribution >= 4 is 15.9 Å². The van der Waals surface area contributed by atoms with E-state index < -0.39 is 0 Å². The molecular formula is C11H15BrO2. The van der Waals surface area contributed by atoms with Gasteiger partial charge in [0.15, 0.2) is 0 Å². The van der Waals surface area contributed by atoms with Gasteiger partial charge in [0.1, 0.15) is 5.75 Å². The number of ether oxygens (including phenoxy) is 1. The second kappa shape index (κ2) is 6.04. The first-order valence-electron chi connectivity index (χ1n) is 4.80. The molecule has 0 radical (unpaired) electrons. The molecule has 0 aliphatic carbocycles. The van der Waals surface area contributed by atoms with Crippen LogP contribution in [-0.4, -0.2) is 11.7 Å². The fourth-order valence-electron chi connectivity index (χ4n) is 1.09. The first-order chi connectivity index (χ1) is 6.77. The minimum atomic E-state index is 0.0633. The highest BCUT2D eigenvalue weighted by atomic mass is 79.9. The third-order valence-corrected chi connectivity index (χ3v) is 2.55. The zero-order valence-electron chi connectivity index (χ0n) is 8.29. The van der Waals surface area contributed by atoms with Crippen molar-refractivity contribution in [2.75, 3.05) is 6.61 Å². The lowest BCUT2D eigenvalue weighted by atomic mass is 10.2. The molecule has 3 heteroatoms. The average Bonchev–Trinajstić information content (AvgIpc) is 2.20. The standard InChI is InChI=1S/C11H15BrO2/c1-2-3-6-14-11-5-4-9(8-13)7-10(11)12/h4-5,7,13H,2-3,6,8H2,1H3. The molecule has 0 unspecified atom stereocenters. The lowest BCUT2D eigenvalue weighted by Gasteiger charge is -2.08. The summed E-state index contributed by atoms with van der Waals surface area (Å²) in [5, 5.41) is 8.91. The van der Waals surface area contributed by atoms with Gasteiger partial charge >= 0.3 is 0 Å². The lowest BCUT2D eigenvalue weighted by Crippen LogP contribution is -1.97. The maximum Gasteiger partial charge on any atom is 0.133 e. The molecule has 0 atom stereocenters. The first-order valence-corrected chi connectivity index (χ1v) is 5.59. The van der Waals surface area contributed by atoms with E-state index in [1.165, 1.54) is 0 Å². The van der Waals surface area contributed by atoms with Gasteiger partial charge in [-0.05, 0) is 40.0 Å². The summed E-state index contributed by atoms with van der Waals surface area (Å²) in [6.45, 7) is 2.94. The zero-order valence-corrected chi connectivity index (χ0v) is 9.88. The van der Waals surface area contributed by atoms with E-state index >= 15 is 0 Å². The lowest BCUT2D eigenvalue weighted by molar-refractivity contribution is 0.280. The predicted octanol–water partition coefficient (Wildman–Crippen LogP) is 3.12. The summed E-state index contributed by atoms with van der Waals surface area (Å²) in [5.74, 6) is 0.843. The number of rotatable bonds is 5. The second-order valence-corrected chi connectivity index (χ2v) is 3.98. The van der Waals surface area contributed by atoms with E-state index in [4.69, 9.17) is 9.84 Å². The fourth-order valence-corrected chi connectivity index (χ4v) is 1.63. The van der Waals surface area contributed by atoms with Crippen LogP contribution < -0.4 is 4.74 Å². The Hall–Kier alpha value is -0.540. The van der Waals surface area contributed by atoms with Crippen molar-refractivity contribution in [2.45, 2.75) is 26.4 Å². The fraction of sp³-hybridized carbons (Fsp3) is 0.455. The van der Waals surface area contributed by atoms with Gasteiger partial charge in [-0.1, -0.05) is 19.4 Å². The summed E-state index contributed by atoms with van der Waals surface area (Å²) in [5.41, 5.74) is 0.889. The van der Waals surface area contributed by atoms with E-state index in [1.807, 2.05) is 18.2 Å². The third kappa shape index (κ3) is 3.31. The number of halogens is 1. The van der Waals surface area contributed by atoms with E-state index in [9.17, 15) is 0 Å². The molecule has 14 heavy (non-hydrogen) atoms. The highest BCUT2D eigenvalue weighted by Crippen LogP contribution is 2.26. The molecule has 1 N–H and O–H groups in total. The number of aliphatic hydroxyl groups excluding tert-OH is 1. The molecule has 0 bridgehead atoms. The Morgan fingerprint density at radius 2 is 2.21 bits per heavy atom. The van der Waals surface area contributed by atoms with Crippen LogP contribution >= 0.6 is 15.9 Å². The van der Waals surface area contributed by atoms with E-state index in [2.05, 4.69) is 22.9 Å². The summed E-state index contributed by atoms with van der Waals surface area (Å²) < 4.78 is 6.45. The molecule has 0 spiro atoms. The van der Waals surface area contributed by atoms with Gasteiger partial charge in [-0.25, -0.2) is 0 Å². The van der Waals surface area contributed by atoms with Crippen molar-refractivity contribution < 1.29 is 9.84 Å². The summed E-state index contributed by atoms with van der Waals surface area (Å²) in [4.78, 5) is 0. The monoisotopic (exact) mass is 258 g/mol. The largest absolute Gasteiger partial charge is 0.492 e. The van der Waals surface area contributed by atoms with Crippen LogP contribution in [0.3, 0.4) is 0 Å². The summed E-state index contributed by atoms with van der Waals surface area (Å²) >= 11 is 3.40. The number of hydrogen-bond donors (Lipinski definition) is 1. The molecule has 0 aliphatic rings. The molecule has 0 fully saturated rings. The third-order valence-electron chi connectivity index (χ3n) is 1.93. The van der Waals surface area contributed by atoms with Gasteiger partial charge in [-0.2, -0.15) is 0 Å². The molecule has 1 aromatic carbocycles. The molecular weight excluding hydrogens is 244 g/mol. The number of aliphatic hydroxyl groups is 1. The predicted molar refractivity (Wildman–Crippen MR) is 60.5 cm³/mol. The van der Waals surface area contributed by atoms with Crippen LogP contribution in [0.1, 0.15) is 25.3 Å². The minimum Gasteiger partial charge on any atom is -0.492 e. The number of benzene rings is 1. The molecule has 0 saturated heterocycles. The molecule has 0 saturated carbocycles. The van der Waals surface area contributed by atoms with E-state index in [-0.39, 0.29) is 6.61 Å². The van der Waals surface area contributed by atoms with Gasteiger partial charge in [0.05, 0.1) is 17.7 Å². The van der Waals surface area contributed by atoms with Crippen LogP contribution in [0.2, 0.25) is 0 Å². The number of unbranched alkanes of at least 4 members (excludes halogenated alkanes) is 1. The first kappa shape index (κ1) is 11.5. The van der Waals surface area contributed by atoms with Gasteiger partial charge in [-0.15, -0.1) is 0 Å². The van der Waals surface area contributed by atoms with Crippen molar-refractivity contribution in [3.8, 4) is 5.75 Å². The van der Waals surface area contributed by atoms with E-state index in [1.54, 1.807) is 0 Å². The minimum absolute atomic E-state index is 0.0633. The Morgan fingerprint density at radius 3 is 2.79 bits per heavy atom. The van der Waals surface area contributed by atoms with Crippen molar-refractivity contribution in [2.24, 2.45) is 0 Å². The molecule has 0 amide bonds. The van der Waals surface area contributed by atoms with Crippen LogP contribution in [-0.2, 0) is 6.61 Å². The van der Waals surface area contributed by atoms with Crippen molar-refractivity contribution in [1.29, 1.82) is 0 Å². The quantitative estimate of drug-likeness (QED) is 0.823. The highest BCUT2D eigenvalue weighted by molar-refractivity contribution is 9.10. The van der Waals surface area contributed by atoms with Gasteiger partial charge in [-0.3, -0.25) is 0 Å². The summed E-state index contributed by atoms with van der Waals surface area (Å²) in [6.07, 6.45) is 2.19. The van der Waals surface area contributed by atoms with Gasteiger partial charge in [0.2, 0.25) is 0 Å². The van der Waals surface area contributed by atoms with Crippen LogP contribution in [0.5, 0.6) is 5.75 Å². The van der Waals surface area contributed by atoms with E-state index in [0.29, 0.717) is 0 Å². The molecule has 2 nitrogen and oxygen atoms in total. The van der Waals surface area contributed by atoms with Crippen molar-refractivity contribution in [3.63, 3.8) is 0 Å². The van der Waals surface area contributed by atoms with E-state index in [0.717, 1.165) is 35.2 Å². The van der Waals surface area contributed by atoms with Gasteiger partial charge < -0.3 is 9.84 Å². The summed E-state index contributed by atoms with van der Waals surface area (Å²) in [6, 6.07) is 5.62. The second-order valence-electron chi connectivity index (χ2n) is 3.12. The Labute approximate surface area is 93.0 Å². The molecule has 0 heterocycles. The topological polar surface area (TPSA) is 29.5 Å². The summed E-state index contributed by atoms with van der Waals surface area (Å²) in [7, 11) is 0. The van der Waals surface area contributed by atoms with Gasteiger partial charge in [0, 0.05) is 0 Å². The average molecular weight is 259 g/mol. The van der Waals surface area contributed by atoms with Crippen molar-refractivity contribution in [3.05, 3.63) is 28.2 Å². The zero-order chi connectivity index (χ0) is 10.4. The Balaban J connectivity index is 2.59. The molecule has 0 aromatic heterocycles. The van der Waals surface area contributed by atoms with Crippen LogP contribution in [0, 0.1) is 0 Å². The SMILES string of the molecule is CCCCOc1ccc(CO)cc1Br. The maximum atomic E-state index is 8.91. The smallest absolute Gasteiger partial charge is 0.133 e. The van der Waals surface area contributed by atoms with Gasteiger partial charge in [0.25, 0.3) is 0 Å². The van der Waals surface area contributed by atoms with Crippen molar-refractivity contribution in [1.82, 2.24) is 0 Å². The van der Waals surface area contributed by atoms with Crippen LogP contribution in [0.25, 0.3) is 0 Å². The van der Waals surface area contributed by atoms with Crippen LogP contribution in [0.15, 0.2) is 22.7 Å². The maximum absolute atomic E-state index is 8.91. The molecule has 0 aliphatic heterocycles. The molecule has 78 valence electrons. The van der Waals surface area contributed by atoms with Crippen LogP contribution in [0.4, 0.5) is 0 Å². The Morgan fingerprint density at radius 1 is 1.43 bits per heavy atom. The number of hydrogen-bond acceptors (Lipinski definition) is 2. The Kier molecular flexibility index (Phi) is 4.98. The highest BCUT2D eigenvalue weighted by Gasteiger charge is 2.01. The molecule has 1 rings (SSSR count). The Bertz CT molecular complexity index is 287. The normalized spacial score (nSPS) is 10.2. The molecule has 1 aromatic rings.